The van der Waals surface area contributed by atoms with Crippen LogP contribution in [0, 0.1) is 5.92 Å². The second kappa shape index (κ2) is 4.94. The van der Waals surface area contributed by atoms with Gasteiger partial charge in [0.05, 0.1) is 6.10 Å². The van der Waals surface area contributed by atoms with Crippen LogP contribution in [-0.2, 0) is 0 Å². The lowest BCUT2D eigenvalue weighted by atomic mass is 10.0. The zero-order valence-electron chi connectivity index (χ0n) is 8.95. The second-order valence-corrected chi connectivity index (χ2v) is 4.27. The number of nitrogens with zero attached hydrogens (tertiary/aromatic N) is 1. The van der Waals surface area contributed by atoms with E-state index in [4.69, 9.17) is 0 Å². The van der Waals surface area contributed by atoms with Crippen molar-refractivity contribution < 1.29 is 5.11 Å². The normalized spacial score (nSPS) is 30.2. The number of hydrogen-bond acceptors (Lipinski definition) is 3. The zero-order valence-corrected chi connectivity index (χ0v) is 8.95. The maximum Gasteiger partial charge on any atom is 0.0708 e. The summed E-state index contributed by atoms with van der Waals surface area (Å²) in [5, 5.41) is 12.9. The highest BCUT2D eigenvalue weighted by Crippen LogP contribution is 2.21. The van der Waals surface area contributed by atoms with Crippen molar-refractivity contribution in [2.75, 3.05) is 26.7 Å². The molecule has 3 heteroatoms. The number of hydrogen-bond donors (Lipinski definition) is 2. The fourth-order valence-corrected chi connectivity index (χ4v) is 1.92. The summed E-state index contributed by atoms with van der Waals surface area (Å²) in [5.74, 6) is 0.467. The first-order valence-corrected chi connectivity index (χ1v) is 5.22. The number of aliphatic hydroxyl groups excluding tert-OH is 1. The molecule has 0 aliphatic carbocycles. The van der Waals surface area contributed by atoms with Crippen molar-refractivity contribution in [2.45, 2.75) is 32.4 Å². The highest BCUT2D eigenvalue weighted by atomic mass is 16.3. The van der Waals surface area contributed by atoms with Crippen LogP contribution in [-0.4, -0.2) is 48.8 Å². The van der Waals surface area contributed by atoms with Crippen molar-refractivity contribution in [1.29, 1.82) is 0 Å². The van der Waals surface area contributed by atoms with Crippen LogP contribution in [0.15, 0.2) is 0 Å². The van der Waals surface area contributed by atoms with Crippen molar-refractivity contribution in [2.24, 2.45) is 5.92 Å². The standard InChI is InChI=1S/C10H22N2O/c1-8(2)12-6-9(4-5-11-3)10(13)7-12/h8-11,13H,4-7H2,1-3H3. The van der Waals surface area contributed by atoms with Crippen molar-refractivity contribution in [1.82, 2.24) is 10.2 Å². The number of aliphatic hydroxyl groups is 1. The Morgan fingerprint density at radius 1 is 1.46 bits per heavy atom. The van der Waals surface area contributed by atoms with E-state index in [-0.39, 0.29) is 6.10 Å². The van der Waals surface area contributed by atoms with E-state index in [9.17, 15) is 5.11 Å². The van der Waals surface area contributed by atoms with Crippen LogP contribution in [0.1, 0.15) is 20.3 Å². The molecule has 0 spiro atoms. The topological polar surface area (TPSA) is 35.5 Å². The van der Waals surface area contributed by atoms with Gasteiger partial charge >= 0.3 is 0 Å². The van der Waals surface area contributed by atoms with E-state index in [0.29, 0.717) is 12.0 Å². The molecule has 1 aliphatic rings. The molecule has 2 unspecified atom stereocenters. The Bertz CT molecular complexity index is 150. The molecule has 1 aliphatic heterocycles. The van der Waals surface area contributed by atoms with Gasteiger partial charge in [-0.05, 0) is 33.9 Å². The Balaban J connectivity index is 2.33. The minimum atomic E-state index is -0.115. The fourth-order valence-electron chi connectivity index (χ4n) is 1.92. The van der Waals surface area contributed by atoms with Crippen LogP contribution in [0.3, 0.4) is 0 Å². The summed E-state index contributed by atoms with van der Waals surface area (Å²) >= 11 is 0. The number of rotatable bonds is 4. The highest BCUT2D eigenvalue weighted by molar-refractivity contribution is 4.85. The van der Waals surface area contributed by atoms with Crippen LogP contribution >= 0.6 is 0 Å². The highest BCUT2D eigenvalue weighted by Gasteiger charge is 2.31. The summed E-state index contributed by atoms with van der Waals surface area (Å²) < 4.78 is 0. The summed E-state index contributed by atoms with van der Waals surface area (Å²) in [6.07, 6.45) is 0.969. The third kappa shape index (κ3) is 2.93. The van der Waals surface area contributed by atoms with Gasteiger partial charge in [0.25, 0.3) is 0 Å². The van der Waals surface area contributed by atoms with E-state index in [1.54, 1.807) is 0 Å². The number of β-amino-alcohol motifs (C(OH)–C–C–N with tert-alkyl or cyclic N) is 1. The van der Waals surface area contributed by atoms with E-state index >= 15 is 0 Å². The summed E-state index contributed by atoms with van der Waals surface area (Å²) in [4.78, 5) is 2.35. The van der Waals surface area contributed by atoms with Gasteiger partial charge in [0, 0.05) is 25.0 Å². The predicted molar refractivity (Wildman–Crippen MR) is 54.7 cm³/mol. The van der Waals surface area contributed by atoms with Gasteiger partial charge in [0.15, 0.2) is 0 Å². The fraction of sp³-hybridized carbons (Fsp3) is 1.00. The van der Waals surface area contributed by atoms with Crippen molar-refractivity contribution in [3.05, 3.63) is 0 Å². The Morgan fingerprint density at radius 3 is 2.62 bits per heavy atom. The van der Waals surface area contributed by atoms with Gasteiger partial charge in [-0.25, -0.2) is 0 Å². The SMILES string of the molecule is CNCCC1CN(C(C)C)CC1O. The third-order valence-electron chi connectivity index (χ3n) is 2.93. The molecule has 0 aromatic carbocycles. The van der Waals surface area contributed by atoms with Crippen LogP contribution in [0.2, 0.25) is 0 Å². The van der Waals surface area contributed by atoms with Crippen molar-refractivity contribution in [3.8, 4) is 0 Å². The molecule has 1 heterocycles. The molecule has 0 bridgehead atoms. The molecule has 3 nitrogen and oxygen atoms in total. The van der Waals surface area contributed by atoms with Gasteiger partial charge in [-0.3, -0.25) is 4.90 Å². The lowest BCUT2D eigenvalue weighted by Gasteiger charge is -2.19. The largest absolute Gasteiger partial charge is 0.391 e. The number of likely N-dealkylation sites (tertiary alicyclic amines) is 1. The lowest BCUT2D eigenvalue weighted by molar-refractivity contribution is 0.135. The third-order valence-corrected chi connectivity index (χ3v) is 2.93. The summed E-state index contributed by atoms with van der Waals surface area (Å²) in [7, 11) is 1.96. The molecule has 0 saturated carbocycles. The van der Waals surface area contributed by atoms with Crippen LogP contribution in [0.4, 0.5) is 0 Å². The first-order chi connectivity index (χ1) is 6.15. The molecule has 0 aromatic heterocycles. The van der Waals surface area contributed by atoms with E-state index in [0.717, 1.165) is 26.1 Å². The molecule has 1 saturated heterocycles. The smallest absolute Gasteiger partial charge is 0.0708 e. The maximum absolute atomic E-state index is 9.77. The minimum absolute atomic E-state index is 0.115. The van der Waals surface area contributed by atoms with Crippen LogP contribution in [0.5, 0.6) is 0 Å². The lowest BCUT2D eigenvalue weighted by Crippen LogP contribution is -2.29. The van der Waals surface area contributed by atoms with E-state index in [1.165, 1.54) is 0 Å². The minimum Gasteiger partial charge on any atom is -0.391 e. The van der Waals surface area contributed by atoms with Gasteiger partial charge in [0.2, 0.25) is 0 Å². The molecule has 2 N–H and O–H groups in total. The Kier molecular flexibility index (Phi) is 4.16. The Hall–Kier alpha value is -0.120. The molecule has 1 rings (SSSR count). The summed E-state index contributed by atoms with van der Waals surface area (Å²) in [6.45, 7) is 7.29. The molecular weight excluding hydrogens is 164 g/mol. The summed E-state index contributed by atoms with van der Waals surface area (Å²) in [6, 6.07) is 0.564. The van der Waals surface area contributed by atoms with Crippen molar-refractivity contribution in [3.63, 3.8) is 0 Å². The molecule has 78 valence electrons. The first kappa shape index (κ1) is 11.0. The quantitative estimate of drug-likeness (QED) is 0.663. The van der Waals surface area contributed by atoms with E-state index < -0.39 is 0 Å². The molecule has 0 aromatic rings. The van der Waals surface area contributed by atoms with Gasteiger partial charge in [-0.15, -0.1) is 0 Å². The van der Waals surface area contributed by atoms with Crippen LogP contribution in [0.25, 0.3) is 0 Å². The van der Waals surface area contributed by atoms with Gasteiger partial charge in [0.1, 0.15) is 0 Å². The maximum atomic E-state index is 9.77. The molecule has 0 radical (unpaired) electrons. The van der Waals surface area contributed by atoms with Gasteiger partial charge in [-0.1, -0.05) is 0 Å². The number of nitrogens with one attached hydrogen (secondary N) is 1. The van der Waals surface area contributed by atoms with E-state index in [1.807, 2.05) is 7.05 Å². The Morgan fingerprint density at radius 2 is 2.15 bits per heavy atom. The molecule has 0 amide bonds. The average Bonchev–Trinajstić information content (AvgIpc) is 2.44. The van der Waals surface area contributed by atoms with Gasteiger partial charge in [-0.2, -0.15) is 0 Å². The van der Waals surface area contributed by atoms with Crippen molar-refractivity contribution >= 4 is 0 Å². The Labute approximate surface area is 81.1 Å². The van der Waals surface area contributed by atoms with Crippen LogP contribution < -0.4 is 5.32 Å². The summed E-state index contributed by atoms with van der Waals surface area (Å²) in [5.41, 5.74) is 0. The first-order valence-electron chi connectivity index (χ1n) is 5.22. The predicted octanol–water partition coefficient (Wildman–Crippen LogP) is 0.297. The second-order valence-electron chi connectivity index (χ2n) is 4.27. The zero-order chi connectivity index (χ0) is 9.84. The van der Waals surface area contributed by atoms with E-state index in [2.05, 4.69) is 24.1 Å². The molecule has 2 atom stereocenters. The molecule has 1 fully saturated rings. The average molecular weight is 186 g/mol. The monoisotopic (exact) mass is 186 g/mol. The van der Waals surface area contributed by atoms with Gasteiger partial charge < -0.3 is 10.4 Å². The molecular formula is C10H22N2O. The molecule has 13 heavy (non-hydrogen) atoms.